The molecule has 0 radical (unpaired) electrons. The Morgan fingerprint density at radius 1 is 1.43 bits per heavy atom. The quantitative estimate of drug-likeness (QED) is 0.742. The molecule has 1 heterocycles. The number of carboxylic acids is 1. The van der Waals surface area contributed by atoms with E-state index in [1.54, 1.807) is 0 Å². The Bertz CT molecular complexity index is 678. The maximum absolute atomic E-state index is 13.5. The third-order valence-corrected chi connectivity index (χ3v) is 5.46. The molecule has 23 heavy (non-hydrogen) atoms. The molecule has 1 fully saturated rings. The lowest BCUT2D eigenvalue weighted by Gasteiger charge is -2.22. The van der Waals surface area contributed by atoms with Crippen molar-refractivity contribution in [2.45, 2.75) is 23.8 Å². The summed E-state index contributed by atoms with van der Waals surface area (Å²) in [6.45, 7) is 0.401. The maximum Gasteiger partial charge on any atom is 0.322 e. The van der Waals surface area contributed by atoms with Gasteiger partial charge in [-0.05, 0) is 31.0 Å². The molecule has 0 amide bonds. The predicted octanol–water partition coefficient (Wildman–Crippen LogP) is 1.09. The molecule has 0 bridgehead atoms. The minimum Gasteiger partial charge on any atom is -0.490 e. The third kappa shape index (κ3) is 3.80. The second kappa shape index (κ2) is 7.24. The molecular formula is C14H18FNO6S. The Morgan fingerprint density at radius 3 is 2.83 bits per heavy atom. The van der Waals surface area contributed by atoms with Gasteiger partial charge in [0.25, 0.3) is 0 Å². The Hall–Kier alpha value is -1.71. The SMILES string of the molecule is COCCOc1ccc(F)cc1S(=O)(=O)N1CCC[C@H]1C(=O)O. The van der Waals surface area contributed by atoms with Crippen LogP contribution in [0.2, 0.25) is 0 Å². The first-order valence-corrected chi connectivity index (χ1v) is 8.48. The van der Waals surface area contributed by atoms with Crippen molar-refractivity contribution in [2.24, 2.45) is 0 Å². The number of methoxy groups -OCH3 is 1. The average Bonchev–Trinajstić information content (AvgIpc) is 2.99. The van der Waals surface area contributed by atoms with Crippen LogP contribution in [-0.2, 0) is 19.6 Å². The summed E-state index contributed by atoms with van der Waals surface area (Å²) in [5, 5.41) is 9.16. The average molecular weight is 347 g/mol. The van der Waals surface area contributed by atoms with Gasteiger partial charge >= 0.3 is 5.97 Å². The molecule has 1 aliphatic rings. The lowest BCUT2D eigenvalue weighted by Crippen LogP contribution is -2.40. The molecule has 0 unspecified atom stereocenters. The number of sulfonamides is 1. The number of nitrogens with zero attached hydrogens (tertiary/aromatic N) is 1. The fourth-order valence-corrected chi connectivity index (χ4v) is 4.23. The van der Waals surface area contributed by atoms with Crippen molar-refractivity contribution in [1.82, 2.24) is 4.31 Å². The van der Waals surface area contributed by atoms with Gasteiger partial charge in [-0.2, -0.15) is 4.31 Å². The number of hydrogen-bond acceptors (Lipinski definition) is 5. The van der Waals surface area contributed by atoms with Gasteiger partial charge in [-0.15, -0.1) is 0 Å². The summed E-state index contributed by atoms with van der Waals surface area (Å²) in [5.41, 5.74) is 0. The Kier molecular flexibility index (Phi) is 5.55. The van der Waals surface area contributed by atoms with Crippen molar-refractivity contribution in [3.63, 3.8) is 0 Å². The van der Waals surface area contributed by atoms with Crippen molar-refractivity contribution in [3.8, 4) is 5.75 Å². The van der Waals surface area contributed by atoms with E-state index in [0.717, 1.165) is 16.4 Å². The van der Waals surface area contributed by atoms with E-state index < -0.39 is 27.9 Å². The minimum atomic E-state index is -4.18. The van der Waals surface area contributed by atoms with Gasteiger partial charge in [-0.1, -0.05) is 0 Å². The summed E-state index contributed by atoms with van der Waals surface area (Å²) >= 11 is 0. The van der Waals surface area contributed by atoms with Crippen LogP contribution in [0.25, 0.3) is 0 Å². The van der Waals surface area contributed by atoms with E-state index in [-0.39, 0.29) is 36.8 Å². The Morgan fingerprint density at radius 2 is 2.17 bits per heavy atom. The van der Waals surface area contributed by atoms with E-state index >= 15 is 0 Å². The van der Waals surface area contributed by atoms with E-state index in [9.17, 15) is 17.6 Å². The van der Waals surface area contributed by atoms with Gasteiger partial charge in [0.15, 0.2) is 0 Å². The zero-order chi connectivity index (χ0) is 17.0. The van der Waals surface area contributed by atoms with Crippen LogP contribution in [-0.4, -0.2) is 56.7 Å². The smallest absolute Gasteiger partial charge is 0.322 e. The standard InChI is InChI=1S/C14H18FNO6S/c1-21-7-8-22-12-5-4-10(15)9-13(12)23(19,20)16-6-2-3-11(16)14(17)18/h4-5,9,11H,2-3,6-8H2,1H3,(H,17,18)/t11-/m0/s1. The van der Waals surface area contributed by atoms with Crippen LogP contribution in [0.3, 0.4) is 0 Å². The van der Waals surface area contributed by atoms with Crippen molar-refractivity contribution >= 4 is 16.0 Å². The molecule has 2 rings (SSSR count). The fraction of sp³-hybridized carbons (Fsp3) is 0.500. The lowest BCUT2D eigenvalue weighted by atomic mass is 10.2. The number of hydrogen-bond donors (Lipinski definition) is 1. The lowest BCUT2D eigenvalue weighted by molar-refractivity contribution is -0.140. The highest BCUT2D eigenvalue weighted by atomic mass is 32.2. The number of benzene rings is 1. The van der Waals surface area contributed by atoms with Crippen LogP contribution in [0, 0.1) is 5.82 Å². The molecular weight excluding hydrogens is 329 g/mol. The van der Waals surface area contributed by atoms with Crippen LogP contribution in [0.4, 0.5) is 4.39 Å². The summed E-state index contributed by atoms with van der Waals surface area (Å²) in [4.78, 5) is 10.9. The molecule has 9 heteroatoms. The zero-order valence-electron chi connectivity index (χ0n) is 12.6. The van der Waals surface area contributed by atoms with Crippen molar-refractivity contribution < 1.29 is 32.2 Å². The number of ether oxygens (including phenoxy) is 2. The number of carbonyl (C=O) groups is 1. The van der Waals surface area contributed by atoms with Crippen LogP contribution in [0.1, 0.15) is 12.8 Å². The Labute approximate surface area is 133 Å². The van der Waals surface area contributed by atoms with Crippen molar-refractivity contribution in [3.05, 3.63) is 24.0 Å². The van der Waals surface area contributed by atoms with E-state index in [2.05, 4.69) is 0 Å². The zero-order valence-corrected chi connectivity index (χ0v) is 13.4. The number of rotatable bonds is 7. The molecule has 1 saturated heterocycles. The summed E-state index contributed by atoms with van der Waals surface area (Å²) in [6, 6.07) is 1.99. The first-order valence-electron chi connectivity index (χ1n) is 7.04. The van der Waals surface area contributed by atoms with E-state index in [0.29, 0.717) is 6.42 Å². The minimum absolute atomic E-state index is 0.0283. The molecule has 1 aromatic carbocycles. The molecule has 0 saturated carbocycles. The van der Waals surface area contributed by atoms with Gasteiger partial charge in [0.05, 0.1) is 6.61 Å². The second-order valence-corrected chi connectivity index (χ2v) is 6.90. The van der Waals surface area contributed by atoms with Gasteiger partial charge in [-0.25, -0.2) is 12.8 Å². The van der Waals surface area contributed by atoms with Gasteiger partial charge in [0, 0.05) is 13.7 Å². The highest BCUT2D eigenvalue weighted by Gasteiger charge is 2.40. The third-order valence-electron chi connectivity index (χ3n) is 3.53. The molecule has 1 aromatic rings. The number of halogens is 1. The van der Waals surface area contributed by atoms with Crippen LogP contribution in [0.5, 0.6) is 5.75 Å². The first kappa shape index (κ1) is 17.6. The van der Waals surface area contributed by atoms with Crippen LogP contribution < -0.4 is 4.74 Å². The van der Waals surface area contributed by atoms with Gasteiger partial charge in [0.2, 0.25) is 10.0 Å². The summed E-state index contributed by atoms with van der Waals surface area (Å²) in [7, 11) is -2.71. The van der Waals surface area contributed by atoms with E-state index in [1.807, 2.05) is 0 Å². The number of carboxylic acid groups (broad SMARTS) is 1. The van der Waals surface area contributed by atoms with Crippen molar-refractivity contribution in [2.75, 3.05) is 26.9 Å². The molecule has 0 aliphatic carbocycles. The molecule has 0 spiro atoms. The molecule has 128 valence electrons. The molecule has 7 nitrogen and oxygen atoms in total. The van der Waals surface area contributed by atoms with Gasteiger partial charge in [-0.3, -0.25) is 4.79 Å². The summed E-state index contributed by atoms with van der Waals surface area (Å²) in [6.07, 6.45) is 0.662. The van der Waals surface area contributed by atoms with Gasteiger partial charge in [0.1, 0.15) is 29.1 Å². The topological polar surface area (TPSA) is 93.1 Å². The summed E-state index contributed by atoms with van der Waals surface area (Å²) < 4.78 is 50.0. The summed E-state index contributed by atoms with van der Waals surface area (Å²) in [5.74, 6) is -1.99. The largest absolute Gasteiger partial charge is 0.490 e. The molecule has 1 N–H and O–H groups in total. The van der Waals surface area contributed by atoms with E-state index in [4.69, 9.17) is 14.6 Å². The normalized spacial score (nSPS) is 19.0. The van der Waals surface area contributed by atoms with Crippen molar-refractivity contribution in [1.29, 1.82) is 0 Å². The first-order chi connectivity index (χ1) is 10.9. The van der Waals surface area contributed by atoms with Crippen LogP contribution >= 0.6 is 0 Å². The predicted molar refractivity (Wildman–Crippen MR) is 78.3 cm³/mol. The number of aliphatic carboxylic acids is 1. The monoisotopic (exact) mass is 347 g/mol. The highest BCUT2D eigenvalue weighted by Crippen LogP contribution is 2.32. The molecule has 1 atom stereocenters. The highest BCUT2D eigenvalue weighted by molar-refractivity contribution is 7.89. The molecule has 1 aliphatic heterocycles. The maximum atomic E-state index is 13.5. The van der Waals surface area contributed by atoms with E-state index in [1.165, 1.54) is 13.2 Å². The Balaban J connectivity index is 2.38. The molecule has 0 aromatic heterocycles. The van der Waals surface area contributed by atoms with Crippen LogP contribution in [0.15, 0.2) is 23.1 Å². The fourth-order valence-electron chi connectivity index (χ4n) is 2.44. The van der Waals surface area contributed by atoms with Gasteiger partial charge < -0.3 is 14.6 Å². The second-order valence-electron chi connectivity index (χ2n) is 5.04.